The van der Waals surface area contributed by atoms with Crippen molar-refractivity contribution in [3.63, 3.8) is 0 Å². The van der Waals surface area contributed by atoms with Gasteiger partial charge in [-0.1, -0.05) is 91.0 Å². The van der Waals surface area contributed by atoms with E-state index in [-0.39, 0.29) is 12.4 Å². The molecule has 0 radical (unpaired) electrons. The van der Waals surface area contributed by atoms with Crippen LogP contribution in [-0.4, -0.2) is 70.2 Å². The summed E-state index contributed by atoms with van der Waals surface area (Å²) < 4.78 is 9.47. The third-order valence-corrected chi connectivity index (χ3v) is 9.91. The first-order valence-corrected chi connectivity index (χ1v) is 17.6. The lowest BCUT2D eigenvalue weighted by atomic mass is 9.84. The minimum atomic E-state index is -1.59. The number of aromatic nitrogens is 1. The van der Waals surface area contributed by atoms with E-state index in [0.717, 1.165) is 28.4 Å². The summed E-state index contributed by atoms with van der Waals surface area (Å²) in [4.78, 5) is 86.2. The van der Waals surface area contributed by atoms with Crippen LogP contribution in [0.4, 0.5) is 11.4 Å². The Hall–Kier alpha value is -6.36. The summed E-state index contributed by atoms with van der Waals surface area (Å²) in [5.41, 5.74) is -1.33. The molecule has 1 aromatic heterocycles. The molecule has 16 nitrogen and oxygen atoms in total. The normalized spacial score (nSPS) is 12.1. The molecule has 0 bridgehead atoms. The number of thioether (sulfide) groups is 1. The molecule has 2 N–H and O–H groups in total. The number of esters is 2. The Labute approximate surface area is 313 Å². The van der Waals surface area contributed by atoms with Crippen LogP contribution in [0, 0.1) is 20.2 Å². The van der Waals surface area contributed by atoms with Crippen LogP contribution >= 0.6 is 11.8 Å². The number of nitrogens with zero attached hydrogens (tertiary/aromatic N) is 3. The number of carbonyl (C=O) groups excluding carboxylic acids is 4. The minimum Gasteiger partial charge on any atom is -0.469 e. The van der Waals surface area contributed by atoms with Crippen molar-refractivity contribution in [3.05, 3.63) is 151 Å². The monoisotopic (exact) mass is 759 g/mol. The average molecular weight is 760 g/mol. The molecule has 0 aliphatic carbocycles. The number of rotatable bonds is 18. The highest BCUT2D eigenvalue weighted by Crippen LogP contribution is 2.48. The second-order valence-electron chi connectivity index (χ2n) is 11.6. The fourth-order valence-corrected chi connectivity index (χ4v) is 7.26. The van der Waals surface area contributed by atoms with E-state index in [0.29, 0.717) is 12.4 Å². The van der Waals surface area contributed by atoms with Gasteiger partial charge < -0.3 is 24.7 Å². The number of nitrogens with one attached hydrogen (secondary N) is 2. The highest BCUT2D eigenvalue weighted by Gasteiger charge is 2.39. The third-order valence-electron chi connectivity index (χ3n) is 8.27. The molecule has 0 spiro atoms. The van der Waals surface area contributed by atoms with Crippen molar-refractivity contribution < 1.29 is 38.5 Å². The summed E-state index contributed by atoms with van der Waals surface area (Å²) >= 11 is 1.30. The minimum absolute atomic E-state index is 0.0536. The zero-order valence-corrected chi connectivity index (χ0v) is 30.1. The Kier molecular flexibility index (Phi) is 14.2. The fourth-order valence-electron chi connectivity index (χ4n) is 5.70. The Morgan fingerprint density at radius 2 is 1.28 bits per heavy atom. The van der Waals surface area contributed by atoms with Gasteiger partial charge in [-0.3, -0.25) is 44.2 Å². The van der Waals surface area contributed by atoms with Gasteiger partial charge in [-0.15, -0.1) is 11.8 Å². The maximum Gasteiger partial charge on any atom is 0.339 e. The van der Waals surface area contributed by atoms with E-state index in [1.54, 1.807) is 6.92 Å². The molecule has 1 heterocycles. The first-order valence-electron chi connectivity index (χ1n) is 16.6. The molecule has 0 saturated carbocycles. The number of hydrogen-bond acceptors (Lipinski definition) is 12. The number of ether oxygens (including phenoxy) is 2. The maximum atomic E-state index is 14.2. The van der Waals surface area contributed by atoms with Crippen molar-refractivity contribution in [2.45, 2.75) is 36.6 Å². The number of hydrogen-bond donors (Lipinski definition) is 2. The van der Waals surface area contributed by atoms with E-state index in [1.807, 2.05) is 91.0 Å². The number of nitro groups is 2. The number of methoxy groups -OCH3 is 1. The van der Waals surface area contributed by atoms with Crippen LogP contribution in [0.15, 0.2) is 108 Å². The summed E-state index contributed by atoms with van der Waals surface area (Å²) in [5.74, 6) is -3.41. The summed E-state index contributed by atoms with van der Waals surface area (Å²) in [5, 5.41) is 28.6. The molecule has 0 unspecified atom stereocenters. The van der Waals surface area contributed by atoms with Crippen molar-refractivity contribution in [1.82, 2.24) is 15.2 Å². The van der Waals surface area contributed by atoms with E-state index in [9.17, 15) is 44.2 Å². The maximum absolute atomic E-state index is 14.2. The Morgan fingerprint density at radius 1 is 0.796 bits per heavy atom. The SMILES string of the molecule is CCOC(=O)CNC(=O)[C@@H](CSC(c1ccccc1)(c1ccccc1)c1ccccc1)NC(=O)[C@@H](CCC(=O)OC)n1cc([N+](=O)[O-])c(=O)c([N+](=O)[O-])c1. The van der Waals surface area contributed by atoms with Crippen molar-refractivity contribution in [3.8, 4) is 0 Å². The second kappa shape index (κ2) is 18.9. The lowest BCUT2D eigenvalue weighted by Gasteiger charge is -2.36. The standard InChI is InChI=1S/C37H37N5O11S/c1-3-53-33(44)21-38-35(46)28(24-54-37(25-13-7-4-8-14-25,26-15-9-5-10-16-26)27-17-11-6-12-18-27)39-36(47)29(19-20-32(43)52-2)40-22-30(41(48)49)34(45)31(23-40)42(50)51/h4-18,22-23,28-29H,3,19-21,24H2,1-2H3,(H,38,46)(H,39,47)/t28-,29-/m1/s1. The van der Waals surface area contributed by atoms with Gasteiger partial charge in [0.15, 0.2) is 0 Å². The molecular weight excluding hydrogens is 722 g/mol. The molecule has 0 aliphatic heterocycles. The summed E-state index contributed by atoms with van der Waals surface area (Å²) in [6.45, 7) is 1.11. The van der Waals surface area contributed by atoms with Crippen LogP contribution < -0.4 is 16.1 Å². The second-order valence-corrected chi connectivity index (χ2v) is 12.9. The predicted octanol–water partition coefficient (Wildman–Crippen LogP) is 4.05. The first-order chi connectivity index (χ1) is 25.9. The fraction of sp³-hybridized carbons (Fsp3) is 0.270. The predicted molar refractivity (Wildman–Crippen MR) is 198 cm³/mol. The van der Waals surface area contributed by atoms with E-state index in [1.165, 1.54) is 11.8 Å². The van der Waals surface area contributed by atoms with Crippen LogP contribution in [0.5, 0.6) is 0 Å². The van der Waals surface area contributed by atoms with Gasteiger partial charge in [0.2, 0.25) is 11.8 Å². The number of benzene rings is 3. The van der Waals surface area contributed by atoms with Crippen molar-refractivity contribution in [2.75, 3.05) is 26.0 Å². The number of pyridine rings is 1. The van der Waals surface area contributed by atoms with Crippen molar-refractivity contribution in [1.29, 1.82) is 0 Å². The quantitative estimate of drug-likeness (QED) is 0.0636. The first kappa shape index (κ1) is 40.4. The van der Waals surface area contributed by atoms with Gasteiger partial charge >= 0.3 is 28.7 Å². The lowest BCUT2D eigenvalue weighted by molar-refractivity contribution is -0.397. The molecule has 17 heteroatoms. The van der Waals surface area contributed by atoms with E-state index >= 15 is 0 Å². The Balaban J connectivity index is 1.82. The van der Waals surface area contributed by atoms with Crippen LogP contribution in [0.3, 0.4) is 0 Å². The highest BCUT2D eigenvalue weighted by atomic mass is 32.2. The molecule has 0 fully saturated rings. The van der Waals surface area contributed by atoms with E-state index in [4.69, 9.17) is 9.47 Å². The zero-order valence-electron chi connectivity index (χ0n) is 29.2. The highest BCUT2D eigenvalue weighted by molar-refractivity contribution is 8.00. The summed E-state index contributed by atoms with van der Waals surface area (Å²) in [6, 6.07) is 25.4. The largest absolute Gasteiger partial charge is 0.469 e. The summed E-state index contributed by atoms with van der Waals surface area (Å²) in [6.07, 6.45) is 0.497. The molecule has 0 aliphatic rings. The van der Waals surface area contributed by atoms with Gasteiger partial charge in [-0.05, 0) is 30.0 Å². The van der Waals surface area contributed by atoms with Gasteiger partial charge in [0.05, 0.1) is 40.7 Å². The van der Waals surface area contributed by atoms with Crippen LogP contribution in [0.1, 0.15) is 42.5 Å². The van der Waals surface area contributed by atoms with Gasteiger partial charge in [-0.2, -0.15) is 0 Å². The molecule has 2 amide bonds. The van der Waals surface area contributed by atoms with E-state index in [2.05, 4.69) is 10.6 Å². The van der Waals surface area contributed by atoms with Crippen LogP contribution in [0.25, 0.3) is 0 Å². The smallest absolute Gasteiger partial charge is 0.339 e. The molecule has 282 valence electrons. The zero-order chi connectivity index (χ0) is 39.3. The van der Waals surface area contributed by atoms with Gasteiger partial charge in [0.1, 0.15) is 18.6 Å². The molecule has 2 atom stereocenters. The van der Waals surface area contributed by atoms with Crippen molar-refractivity contribution >= 4 is 46.9 Å². The van der Waals surface area contributed by atoms with Gasteiger partial charge in [0.25, 0.3) is 0 Å². The topological polar surface area (TPSA) is 219 Å². The average Bonchev–Trinajstić information content (AvgIpc) is 3.18. The van der Waals surface area contributed by atoms with Crippen LogP contribution in [0.2, 0.25) is 0 Å². The van der Waals surface area contributed by atoms with Gasteiger partial charge in [0, 0.05) is 12.2 Å². The Morgan fingerprint density at radius 3 is 1.70 bits per heavy atom. The van der Waals surface area contributed by atoms with Gasteiger partial charge in [-0.25, -0.2) is 0 Å². The Bertz CT molecular complexity index is 1890. The number of carbonyl (C=O) groups is 4. The lowest BCUT2D eigenvalue weighted by Crippen LogP contribution is -2.51. The molecule has 3 aromatic carbocycles. The molecule has 0 saturated heterocycles. The molecule has 4 rings (SSSR count). The molecule has 4 aromatic rings. The van der Waals surface area contributed by atoms with Crippen molar-refractivity contribution in [2.24, 2.45) is 0 Å². The third kappa shape index (κ3) is 9.74. The molecule has 54 heavy (non-hydrogen) atoms. The van der Waals surface area contributed by atoms with Crippen LogP contribution in [-0.2, 0) is 33.4 Å². The summed E-state index contributed by atoms with van der Waals surface area (Å²) in [7, 11) is 1.10. The van der Waals surface area contributed by atoms with E-state index < -0.39 is 86.6 Å². The molecular formula is C37H37N5O11S. The number of amides is 2.